The van der Waals surface area contributed by atoms with Gasteiger partial charge in [-0.2, -0.15) is 0 Å². The van der Waals surface area contributed by atoms with Crippen molar-refractivity contribution in [2.24, 2.45) is 0 Å². The Balaban J connectivity index is 1.39. The van der Waals surface area contributed by atoms with Crippen LogP contribution < -0.4 is 14.8 Å². The lowest BCUT2D eigenvalue weighted by Crippen LogP contribution is -2.42. The number of aliphatic carboxylic acids is 1. The van der Waals surface area contributed by atoms with Crippen molar-refractivity contribution in [2.75, 3.05) is 33.9 Å². The summed E-state index contributed by atoms with van der Waals surface area (Å²) in [5.74, 6) is -1.41. The monoisotopic (exact) mass is 656 g/mol. The Kier molecular flexibility index (Phi) is 11.7. The number of nitrogens with one attached hydrogen (secondary N) is 1. The van der Waals surface area contributed by atoms with Crippen molar-refractivity contribution in [2.45, 2.75) is 64.7 Å². The third kappa shape index (κ3) is 7.97. The molecule has 1 aliphatic rings. The maximum Gasteiger partial charge on any atom is 0.326 e. The molecule has 1 aliphatic heterocycles. The van der Waals surface area contributed by atoms with E-state index >= 15 is 0 Å². The number of hydrogen-bond acceptors (Lipinski definition) is 6. The molecule has 8 nitrogen and oxygen atoms in total. The fourth-order valence-electron chi connectivity index (χ4n) is 6.55. The van der Waals surface area contributed by atoms with E-state index in [0.29, 0.717) is 23.7 Å². The van der Waals surface area contributed by atoms with E-state index in [0.717, 1.165) is 65.5 Å². The van der Waals surface area contributed by atoms with E-state index in [1.807, 2.05) is 48.5 Å². The molecule has 5 rings (SSSR count). The molecule has 1 saturated heterocycles. The molecular weight excluding hydrogens is 611 g/mol. The highest BCUT2D eigenvalue weighted by Gasteiger charge is 2.26. The number of carboxylic acid groups (broad SMARTS) is 1. The Bertz CT molecular complexity index is 1710. The minimum Gasteiger partial charge on any atom is -0.496 e. The lowest BCUT2D eigenvalue weighted by atomic mass is 9.92. The number of nitrogens with zero attached hydrogens (tertiary/aromatic N) is 1. The van der Waals surface area contributed by atoms with Crippen LogP contribution in [0.1, 0.15) is 59.7 Å². The number of benzene rings is 4. The van der Waals surface area contributed by atoms with Crippen LogP contribution in [0, 0.1) is 12.7 Å². The first-order valence-electron chi connectivity index (χ1n) is 16.6. The highest BCUT2D eigenvalue weighted by atomic mass is 19.1. The Labute approximate surface area is 281 Å². The van der Waals surface area contributed by atoms with Gasteiger partial charge in [-0.3, -0.25) is 4.79 Å². The molecule has 0 saturated carbocycles. The van der Waals surface area contributed by atoms with E-state index in [1.165, 1.54) is 25.0 Å². The fraction of sp³-hybridized carbons (Fsp3) is 0.385. The Hall–Kier alpha value is -4.47. The van der Waals surface area contributed by atoms with Crippen LogP contribution in [0.4, 0.5) is 4.39 Å². The lowest BCUT2D eigenvalue weighted by molar-refractivity contribution is -0.139. The van der Waals surface area contributed by atoms with E-state index in [-0.39, 0.29) is 18.1 Å². The van der Waals surface area contributed by atoms with Crippen LogP contribution in [-0.4, -0.2) is 67.9 Å². The van der Waals surface area contributed by atoms with Gasteiger partial charge in [0.25, 0.3) is 5.91 Å². The molecule has 0 aliphatic carbocycles. The number of carboxylic acids is 1. The standard InChI is InChI=1S/C39H45FN2O6/c1-5-6-18-42-19-16-28(17-20-42)48-24-26-21-34(46-3)37(35(22-26)47-4)31-14-9-12-29-27(11-8-13-30(29)31)23-33(39(44)45)41-38(43)36-25(2)10-7-15-32(36)40/h7-15,21-22,28,33H,5-6,16-20,23-24H2,1-4H3,(H,41,43)(H,44,45)/t33-/m0/s1. The topological polar surface area (TPSA) is 97.3 Å². The SMILES string of the molecule is CCCCN1CCC(OCc2cc(OC)c(-c3cccc4c(C[C@H](NC(=O)c5c(C)cccc5F)C(=O)O)cccc34)c(OC)c2)CC1. The molecule has 1 fully saturated rings. The molecule has 0 spiro atoms. The molecule has 9 heteroatoms. The van der Waals surface area contributed by atoms with Crippen molar-refractivity contribution in [3.8, 4) is 22.6 Å². The van der Waals surface area contributed by atoms with Crippen LogP contribution >= 0.6 is 0 Å². The molecule has 1 atom stereocenters. The number of aryl methyl sites for hydroxylation is 1. The number of piperidine rings is 1. The number of unbranched alkanes of at least 4 members (excludes halogenated alkanes) is 1. The van der Waals surface area contributed by atoms with Gasteiger partial charge in [0.15, 0.2) is 0 Å². The Morgan fingerprint density at radius 1 is 0.979 bits per heavy atom. The first-order chi connectivity index (χ1) is 23.2. The van der Waals surface area contributed by atoms with Crippen molar-refractivity contribution in [1.29, 1.82) is 0 Å². The van der Waals surface area contributed by atoms with E-state index in [4.69, 9.17) is 14.2 Å². The molecule has 0 radical (unpaired) electrons. The number of carbonyl (C=O) groups is 2. The van der Waals surface area contributed by atoms with Gasteiger partial charge in [0, 0.05) is 19.5 Å². The zero-order valence-electron chi connectivity index (χ0n) is 28.2. The van der Waals surface area contributed by atoms with Crippen LogP contribution in [0.15, 0.2) is 66.7 Å². The number of methoxy groups -OCH3 is 2. The maximum atomic E-state index is 14.5. The predicted molar refractivity (Wildman–Crippen MR) is 185 cm³/mol. The van der Waals surface area contributed by atoms with Crippen LogP contribution in [0.25, 0.3) is 21.9 Å². The second-order valence-corrected chi connectivity index (χ2v) is 12.4. The highest BCUT2D eigenvalue weighted by Crippen LogP contribution is 2.43. The number of ether oxygens (including phenoxy) is 3. The molecule has 1 heterocycles. The van der Waals surface area contributed by atoms with Gasteiger partial charge in [-0.1, -0.05) is 61.9 Å². The summed E-state index contributed by atoms with van der Waals surface area (Å²) < 4.78 is 32.6. The summed E-state index contributed by atoms with van der Waals surface area (Å²) in [7, 11) is 3.26. The Morgan fingerprint density at radius 3 is 2.29 bits per heavy atom. The summed E-state index contributed by atoms with van der Waals surface area (Å²) in [5.41, 5.74) is 3.56. The van der Waals surface area contributed by atoms with E-state index in [2.05, 4.69) is 17.1 Å². The van der Waals surface area contributed by atoms with Crippen LogP contribution in [0.5, 0.6) is 11.5 Å². The first kappa shape index (κ1) is 34.9. The molecule has 4 aromatic rings. The average molecular weight is 657 g/mol. The molecule has 254 valence electrons. The number of carbonyl (C=O) groups excluding carboxylic acids is 1. The molecule has 4 aromatic carbocycles. The quantitative estimate of drug-likeness (QED) is 0.148. The van der Waals surface area contributed by atoms with Gasteiger partial charge in [-0.15, -0.1) is 0 Å². The number of hydrogen-bond donors (Lipinski definition) is 2. The minimum atomic E-state index is -1.28. The van der Waals surface area contributed by atoms with Crippen molar-refractivity contribution < 1.29 is 33.3 Å². The summed E-state index contributed by atoms with van der Waals surface area (Å²) in [6.45, 7) is 7.55. The van der Waals surface area contributed by atoms with E-state index in [9.17, 15) is 19.1 Å². The van der Waals surface area contributed by atoms with Gasteiger partial charge in [0.05, 0.1) is 38.1 Å². The van der Waals surface area contributed by atoms with E-state index < -0.39 is 23.7 Å². The summed E-state index contributed by atoms with van der Waals surface area (Å²) in [5, 5.41) is 14.3. The van der Waals surface area contributed by atoms with Gasteiger partial charge < -0.3 is 29.5 Å². The van der Waals surface area contributed by atoms with Gasteiger partial charge in [0.2, 0.25) is 0 Å². The highest BCUT2D eigenvalue weighted by molar-refractivity contribution is 6.02. The number of halogens is 1. The molecule has 1 amide bonds. The van der Waals surface area contributed by atoms with Crippen molar-refractivity contribution >= 4 is 22.6 Å². The summed E-state index contributed by atoms with van der Waals surface area (Å²) in [6, 6.07) is 18.5. The van der Waals surface area contributed by atoms with Crippen molar-refractivity contribution in [1.82, 2.24) is 10.2 Å². The molecule has 0 aromatic heterocycles. The lowest BCUT2D eigenvalue weighted by Gasteiger charge is -2.31. The molecule has 2 N–H and O–H groups in total. The Morgan fingerprint density at radius 2 is 1.65 bits per heavy atom. The molecule has 0 unspecified atom stereocenters. The summed E-state index contributed by atoms with van der Waals surface area (Å²) in [4.78, 5) is 27.8. The zero-order valence-corrected chi connectivity index (χ0v) is 28.2. The predicted octanol–water partition coefficient (Wildman–Crippen LogP) is 7.18. The van der Waals surface area contributed by atoms with Crippen molar-refractivity contribution in [3.63, 3.8) is 0 Å². The second kappa shape index (κ2) is 16.1. The smallest absolute Gasteiger partial charge is 0.326 e. The number of fused-ring (bicyclic) bond motifs is 1. The van der Waals surface area contributed by atoms with E-state index in [1.54, 1.807) is 27.2 Å². The molecular formula is C39H45FN2O6. The van der Waals surface area contributed by atoms with Crippen molar-refractivity contribution in [3.05, 3.63) is 94.8 Å². The third-order valence-corrected chi connectivity index (χ3v) is 9.17. The molecule has 48 heavy (non-hydrogen) atoms. The first-order valence-corrected chi connectivity index (χ1v) is 16.6. The summed E-state index contributed by atoms with van der Waals surface area (Å²) in [6.07, 6.45) is 4.68. The van der Waals surface area contributed by atoms with Gasteiger partial charge >= 0.3 is 5.97 Å². The summed E-state index contributed by atoms with van der Waals surface area (Å²) >= 11 is 0. The number of likely N-dealkylation sites (tertiary alicyclic amines) is 1. The number of amides is 1. The fourth-order valence-corrected chi connectivity index (χ4v) is 6.55. The van der Waals surface area contributed by atoms with Crippen LogP contribution in [0.3, 0.4) is 0 Å². The molecule has 0 bridgehead atoms. The number of rotatable bonds is 14. The normalized spacial score (nSPS) is 14.5. The largest absolute Gasteiger partial charge is 0.496 e. The maximum absolute atomic E-state index is 14.5. The minimum absolute atomic E-state index is 0.00254. The van der Waals surface area contributed by atoms with Crippen LogP contribution in [-0.2, 0) is 22.6 Å². The zero-order chi connectivity index (χ0) is 34.2. The third-order valence-electron chi connectivity index (χ3n) is 9.17. The average Bonchev–Trinajstić information content (AvgIpc) is 3.09. The van der Waals surface area contributed by atoms with Gasteiger partial charge in [0.1, 0.15) is 23.4 Å². The van der Waals surface area contributed by atoms with Gasteiger partial charge in [-0.25, -0.2) is 9.18 Å². The second-order valence-electron chi connectivity index (χ2n) is 12.4. The van der Waals surface area contributed by atoms with Crippen LogP contribution in [0.2, 0.25) is 0 Å². The van der Waals surface area contributed by atoms with Gasteiger partial charge in [-0.05, 0) is 84.0 Å².